The SMILES string of the molecule is C1CCNCC1.O=CNc1cc(-c2cccc(NCC3(F)CCOCC3)n2)c(Cl)cn1. The van der Waals surface area contributed by atoms with Gasteiger partial charge in [0.1, 0.15) is 17.3 Å². The normalized spacial score (nSPS) is 17.7. The van der Waals surface area contributed by atoms with Gasteiger partial charge in [-0.1, -0.05) is 24.1 Å². The Morgan fingerprint density at radius 1 is 1.19 bits per heavy atom. The number of nitrogens with one attached hydrogen (secondary N) is 3. The zero-order valence-corrected chi connectivity index (χ0v) is 18.3. The van der Waals surface area contributed by atoms with Gasteiger partial charge >= 0.3 is 0 Å². The van der Waals surface area contributed by atoms with Crippen molar-refractivity contribution in [3.05, 3.63) is 35.5 Å². The van der Waals surface area contributed by atoms with Gasteiger partial charge in [0.15, 0.2) is 0 Å². The fourth-order valence-corrected chi connectivity index (χ4v) is 3.62. The minimum Gasteiger partial charge on any atom is -0.381 e. The number of ether oxygens (including phenoxy) is 1. The number of halogens is 2. The number of carbonyl (C=O) groups is 1. The van der Waals surface area contributed by atoms with E-state index in [0.29, 0.717) is 60.4 Å². The summed E-state index contributed by atoms with van der Waals surface area (Å²) in [6.45, 7) is 3.55. The highest BCUT2D eigenvalue weighted by molar-refractivity contribution is 6.33. The molecule has 2 aromatic rings. The van der Waals surface area contributed by atoms with Gasteiger partial charge in [-0.05, 0) is 44.1 Å². The lowest BCUT2D eigenvalue weighted by Gasteiger charge is -2.29. The summed E-state index contributed by atoms with van der Waals surface area (Å²) in [7, 11) is 0. The molecule has 168 valence electrons. The number of amides is 1. The lowest BCUT2D eigenvalue weighted by molar-refractivity contribution is -0.105. The molecular weight excluding hydrogens is 421 g/mol. The third-order valence-corrected chi connectivity index (χ3v) is 5.57. The van der Waals surface area contributed by atoms with Crippen molar-refractivity contribution in [2.75, 3.05) is 43.5 Å². The molecule has 2 saturated heterocycles. The molecule has 0 aliphatic carbocycles. The van der Waals surface area contributed by atoms with Crippen molar-refractivity contribution in [2.45, 2.75) is 37.8 Å². The Morgan fingerprint density at radius 3 is 2.61 bits per heavy atom. The molecule has 0 spiro atoms. The van der Waals surface area contributed by atoms with Crippen LogP contribution in [0.1, 0.15) is 32.1 Å². The Kier molecular flexibility index (Phi) is 8.99. The van der Waals surface area contributed by atoms with Crippen molar-refractivity contribution < 1.29 is 13.9 Å². The summed E-state index contributed by atoms with van der Waals surface area (Å²) in [5, 5.41) is 9.22. The van der Waals surface area contributed by atoms with Crippen LogP contribution >= 0.6 is 11.6 Å². The van der Waals surface area contributed by atoms with Crippen molar-refractivity contribution >= 4 is 29.6 Å². The number of alkyl halides is 1. The second kappa shape index (κ2) is 11.9. The second-order valence-corrected chi connectivity index (χ2v) is 8.05. The van der Waals surface area contributed by atoms with Crippen LogP contribution in [0, 0.1) is 0 Å². The maximum atomic E-state index is 14.6. The molecule has 2 fully saturated rings. The zero-order chi connectivity index (χ0) is 21.9. The molecule has 3 N–H and O–H groups in total. The first kappa shape index (κ1) is 23.4. The molecule has 4 rings (SSSR count). The summed E-state index contributed by atoms with van der Waals surface area (Å²) in [4.78, 5) is 19.1. The Bertz CT molecular complexity index is 833. The third-order valence-electron chi connectivity index (χ3n) is 5.27. The summed E-state index contributed by atoms with van der Waals surface area (Å²) in [5.41, 5.74) is -0.0531. The lowest BCUT2D eigenvalue weighted by Crippen LogP contribution is -2.38. The van der Waals surface area contributed by atoms with Gasteiger partial charge in [0, 0.05) is 37.8 Å². The van der Waals surface area contributed by atoms with E-state index in [1.807, 2.05) is 6.07 Å². The Balaban J connectivity index is 0.000000391. The average molecular weight is 450 g/mol. The van der Waals surface area contributed by atoms with E-state index in [9.17, 15) is 9.18 Å². The number of piperidine rings is 1. The first-order valence-electron chi connectivity index (χ1n) is 10.6. The first-order chi connectivity index (χ1) is 15.1. The second-order valence-electron chi connectivity index (χ2n) is 7.65. The van der Waals surface area contributed by atoms with Crippen molar-refractivity contribution in [2.24, 2.45) is 0 Å². The van der Waals surface area contributed by atoms with Crippen molar-refractivity contribution in [1.29, 1.82) is 0 Å². The standard InChI is InChI=1S/C17H18ClFN4O2.C5H11N/c18-13-9-20-16(22-11-24)8-12(13)14-2-1-3-15(23-14)21-10-17(19)4-6-25-7-5-17;1-2-4-6-5-3-1/h1-3,8-9,11H,4-7,10H2,(H,21,23)(H,20,22,24);6H,1-5H2. The van der Waals surface area contributed by atoms with Crippen LogP contribution < -0.4 is 16.0 Å². The highest BCUT2D eigenvalue weighted by Gasteiger charge is 2.32. The number of carbonyl (C=O) groups excluding carboxylic acids is 1. The highest BCUT2D eigenvalue weighted by Crippen LogP contribution is 2.29. The van der Waals surface area contributed by atoms with Crippen LogP contribution in [0.15, 0.2) is 30.5 Å². The predicted molar refractivity (Wildman–Crippen MR) is 121 cm³/mol. The van der Waals surface area contributed by atoms with Gasteiger partial charge in [0.2, 0.25) is 6.41 Å². The van der Waals surface area contributed by atoms with E-state index in [0.717, 1.165) is 0 Å². The quantitative estimate of drug-likeness (QED) is 0.576. The predicted octanol–water partition coefficient (Wildman–Crippen LogP) is 4.06. The topological polar surface area (TPSA) is 88.2 Å². The average Bonchev–Trinajstić information content (AvgIpc) is 2.81. The van der Waals surface area contributed by atoms with Gasteiger partial charge in [-0.25, -0.2) is 14.4 Å². The fourth-order valence-electron chi connectivity index (χ4n) is 3.42. The molecule has 2 aromatic heterocycles. The van der Waals surface area contributed by atoms with Crippen molar-refractivity contribution in [3.63, 3.8) is 0 Å². The lowest BCUT2D eigenvalue weighted by atomic mass is 9.96. The molecule has 9 heteroatoms. The van der Waals surface area contributed by atoms with E-state index in [1.165, 1.54) is 38.5 Å². The Labute approximate surface area is 187 Å². The van der Waals surface area contributed by atoms with Crippen LogP contribution in [-0.2, 0) is 9.53 Å². The fraction of sp³-hybridized carbons (Fsp3) is 0.500. The number of hydrogen-bond acceptors (Lipinski definition) is 6. The van der Waals surface area contributed by atoms with E-state index < -0.39 is 5.67 Å². The Hall–Kier alpha value is -2.29. The number of pyridine rings is 2. The maximum absolute atomic E-state index is 14.6. The monoisotopic (exact) mass is 449 g/mol. The van der Waals surface area contributed by atoms with Crippen molar-refractivity contribution in [3.8, 4) is 11.3 Å². The number of anilines is 2. The molecule has 4 heterocycles. The Morgan fingerprint density at radius 2 is 1.97 bits per heavy atom. The maximum Gasteiger partial charge on any atom is 0.212 e. The molecule has 2 aliphatic heterocycles. The molecule has 0 radical (unpaired) electrons. The number of hydrogen-bond donors (Lipinski definition) is 3. The van der Waals surface area contributed by atoms with Gasteiger partial charge in [-0.3, -0.25) is 4.79 Å². The van der Waals surface area contributed by atoms with Gasteiger partial charge in [-0.15, -0.1) is 0 Å². The first-order valence-corrected chi connectivity index (χ1v) is 11.0. The highest BCUT2D eigenvalue weighted by atomic mass is 35.5. The number of aromatic nitrogens is 2. The van der Waals surface area contributed by atoms with Gasteiger partial charge in [0.25, 0.3) is 0 Å². The van der Waals surface area contributed by atoms with E-state index >= 15 is 0 Å². The van der Waals surface area contributed by atoms with Gasteiger partial charge in [0.05, 0.1) is 17.3 Å². The van der Waals surface area contributed by atoms with Crippen molar-refractivity contribution in [1.82, 2.24) is 15.3 Å². The summed E-state index contributed by atoms with van der Waals surface area (Å²) >= 11 is 6.19. The van der Waals surface area contributed by atoms with E-state index in [2.05, 4.69) is 25.9 Å². The molecule has 1 amide bonds. The molecule has 31 heavy (non-hydrogen) atoms. The number of rotatable bonds is 6. The minimum absolute atomic E-state index is 0.175. The molecular formula is C22H29ClFN5O2. The number of nitrogens with zero attached hydrogens (tertiary/aromatic N) is 2. The van der Waals surface area contributed by atoms with E-state index in [4.69, 9.17) is 16.3 Å². The molecule has 0 atom stereocenters. The third kappa shape index (κ3) is 7.41. The minimum atomic E-state index is -1.29. The van der Waals surface area contributed by atoms with Gasteiger partial charge in [-0.2, -0.15) is 0 Å². The molecule has 0 bridgehead atoms. The van der Waals surface area contributed by atoms with Gasteiger partial charge < -0.3 is 20.7 Å². The van der Waals surface area contributed by atoms with E-state index in [-0.39, 0.29) is 6.54 Å². The zero-order valence-electron chi connectivity index (χ0n) is 17.5. The van der Waals surface area contributed by atoms with Crippen LogP contribution in [0.2, 0.25) is 5.02 Å². The van der Waals surface area contributed by atoms with Crippen LogP contribution in [0.3, 0.4) is 0 Å². The summed E-state index contributed by atoms with van der Waals surface area (Å²) < 4.78 is 19.8. The molecule has 7 nitrogen and oxygen atoms in total. The summed E-state index contributed by atoms with van der Waals surface area (Å²) in [5.74, 6) is 0.929. The summed E-state index contributed by atoms with van der Waals surface area (Å²) in [6.07, 6.45) is 6.95. The van der Waals surface area contributed by atoms with E-state index in [1.54, 1.807) is 18.2 Å². The molecule has 0 aromatic carbocycles. The molecule has 0 unspecified atom stereocenters. The molecule has 0 saturated carbocycles. The summed E-state index contributed by atoms with van der Waals surface area (Å²) in [6, 6.07) is 7.00. The van der Waals surface area contributed by atoms with Crippen LogP contribution in [0.25, 0.3) is 11.3 Å². The van der Waals surface area contributed by atoms with Crippen LogP contribution in [0.5, 0.6) is 0 Å². The van der Waals surface area contributed by atoms with Crippen LogP contribution in [-0.4, -0.2) is 54.9 Å². The smallest absolute Gasteiger partial charge is 0.212 e. The largest absolute Gasteiger partial charge is 0.381 e. The molecule has 2 aliphatic rings. The van der Waals surface area contributed by atoms with Crippen LogP contribution in [0.4, 0.5) is 16.0 Å².